The minimum Gasteiger partial charge on any atom is -0.314 e. The smallest absolute Gasteiger partial charge is 0.267 e. The second-order valence-corrected chi connectivity index (χ2v) is 5.54. The van der Waals surface area contributed by atoms with Crippen LogP contribution in [0.3, 0.4) is 0 Å². The van der Waals surface area contributed by atoms with Crippen molar-refractivity contribution in [3.05, 3.63) is 59.8 Å². The Kier molecular flexibility index (Phi) is 4.34. The van der Waals surface area contributed by atoms with E-state index < -0.39 is 11.6 Å². The van der Waals surface area contributed by atoms with E-state index in [2.05, 4.69) is 9.12 Å². The van der Waals surface area contributed by atoms with Gasteiger partial charge in [-0.25, -0.2) is 0 Å². The zero-order valence-corrected chi connectivity index (χ0v) is 12.8. The summed E-state index contributed by atoms with van der Waals surface area (Å²) in [6, 6.07) is 14.1. The van der Waals surface area contributed by atoms with Crippen LogP contribution in [-0.4, -0.2) is 23.6 Å². The lowest BCUT2D eigenvalue weighted by Crippen LogP contribution is -2.26. The second-order valence-electron chi connectivity index (χ2n) is 4.97. The fourth-order valence-corrected chi connectivity index (χ4v) is 2.91. The number of hydrogen-bond acceptors (Lipinski definition) is 6. The first kappa shape index (κ1) is 15.2. The first-order valence-electron chi connectivity index (χ1n) is 6.90. The highest BCUT2D eigenvalue weighted by atomic mass is 32.2. The molecule has 0 unspecified atom stereocenters. The maximum atomic E-state index is 11.7. The maximum Gasteiger partial charge on any atom is 0.267 e. The average molecular weight is 324 g/mol. The van der Waals surface area contributed by atoms with Gasteiger partial charge in [0.05, 0.1) is 12.1 Å². The normalized spacial score (nSPS) is 13.7. The Morgan fingerprint density at radius 3 is 2.74 bits per heavy atom. The lowest BCUT2D eigenvalue weighted by Gasteiger charge is -2.14. The maximum absolute atomic E-state index is 11.7. The van der Waals surface area contributed by atoms with E-state index in [1.807, 2.05) is 42.5 Å². The lowest BCUT2D eigenvalue weighted by atomic mass is 10.00. The van der Waals surface area contributed by atoms with Crippen LogP contribution in [0.25, 0.3) is 10.8 Å². The molecule has 6 heteroatoms. The molecule has 0 fully saturated rings. The van der Waals surface area contributed by atoms with Crippen molar-refractivity contribution in [1.82, 2.24) is 4.72 Å². The first-order chi connectivity index (χ1) is 11.2. The molecule has 0 radical (unpaired) electrons. The van der Waals surface area contributed by atoms with Crippen molar-refractivity contribution < 1.29 is 14.4 Å². The van der Waals surface area contributed by atoms with E-state index in [1.54, 1.807) is 0 Å². The molecule has 0 aromatic heterocycles. The molecular formula is C17H12N2O3S. The van der Waals surface area contributed by atoms with Gasteiger partial charge in [0.25, 0.3) is 11.6 Å². The summed E-state index contributed by atoms with van der Waals surface area (Å²) >= 11 is 0.973. The molecule has 23 heavy (non-hydrogen) atoms. The SMILES string of the molecule is O=CC(=O)C(=O)C1=NSNC(Cc2cccc3ccccc23)=C1. The van der Waals surface area contributed by atoms with E-state index in [-0.39, 0.29) is 12.0 Å². The number of benzene rings is 2. The summed E-state index contributed by atoms with van der Waals surface area (Å²) in [6.45, 7) is 0. The van der Waals surface area contributed by atoms with Crippen molar-refractivity contribution in [1.29, 1.82) is 0 Å². The quantitative estimate of drug-likeness (QED) is 0.395. The number of nitrogens with one attached hydrogen (secondary N) is 1. The Balaban J connectivity index is 1.89. The Hall–Kier alpha value is -2.73. The highest BCUT2D eigenvalue weighted by molar-refractivity contribution is 7.96. The Morgan fingerprint density at radius 1 is 1.13 bits per heavy atom. The van der Waals surface area contributed by atoms with Crippen LogP contribution in [0, 0.1) is 0 Å². The summed E-state index contributed by atoms with van der Waals surface area (Å²) in [5.41, 5.74) is 1.84. The Bertz CT molecular complexity index is 866. The highest BCUT2D eigenvalue weighted by Crippen LogP contribution is 2.22. The van der Waals surface area contributed by atoms with Gasteiger partial charge in [-0.15, -0.1) is 0 Å². The molecule has 2 aromatic carbocycles. The molecule has 5 nitrogen and oxygen atoms in total. The molecule has 0 saturated carbocycles. The standard InChI is InChI=1S/C17H12N2O3S/c20-10-16(21)17(22)15-9-13(18-23-19-15)8-12-6-3-5-11-4-1-2-7-14(11)12/h1-7,9-10,18H,8H2. The highest BCUT2D eigenvalue weighted by Gasteiger charge is 2.21. The van der Waals surface area contributed by atoms with Crippen LogP contribution < -0.4 is 4.72 Å². The molecule has 1 aliphatic heterocycles. The molecule has 0 spiro atoms. The summed E-state index contributed by atoms with van der Waals surface area (Å²) in [4.78, 5) is 33.4. The van der Waals surface area contributed by atoms with Crippen molar-refractivity contribution in [2.24, 2.45) is 4.40 Å². The van der Waals surface area contributed by atoms with E-state index in [1.165, 1.54) is 6.08 Å². The summed E-state index contributed by atoms with van der Waals surface area (Å²) in [6.07, 6.45) is 2.09. The molecule has 0 aliphatic carbocycles. The molecule has 114 valence electrons. The van der Waals surface area contributed by atoms with E-state index in [9.17, 15) is 14.4 Å². The van der Waals surface area contributed by atoms with Gasteiger partial charge >= 0.3 is 0 Å². The third kappa shape index (κ3) is 3.22. The van der Waals surface area contributed by atoms with Gasteiger partial charge in [-0.1, -0.05) is 42.5 Å². The van der Waals surface area contributed by atoms with Crippen LogP contribution in [0.4, 0.5) is 0 Å². The van der Waals surface area contributed by atoms with E-state index in [4.69, 9.17) is 0 Å². The number of nitrogens with zero attached hydrogens (tertiary/aromatic N) is 1. The predicted molar refractivity (Wildman–Crippen MR) is 90.0 cm³/mol. The van der Waals surface area contributed by atoms with Gasteiger partial charge in [-0.2, -0.15) is 4.40 Å². The average Bonchev–Trinajstić information content (AvgIpc) is 2.61. The van der Waals surface area contributed by atoms with Crippen molar-refractivity contribution in [3.63, 3.8) is 0 Å². The van der Waals surface area contributed by atoms with Gasteiger partial charge in [-0.05, 0) is 22.4 Å². The fourth-order valence-electron chi connectivity index (χ4n) is 2.38. The summed E-state index contributed by atoms with van der Waals surface area (Å²) in [7, 11) is 0. The minimum absolute atomic E-state index is 0.00969. The second kappa shape index (κ2) is 6.58. The number of ketones is 2. The number of hydrogen-bond donors (Lipinski definition) is 1. The van der Waals surface area contributed by atoms with Gasteiger partial charge in [0, 0.05) is 12.1 Å². The molecule has 1 N–H and O–H groups in total. The monoisotopic (exact) mass is 324 g/mol. The number of fused-ring (bicyclic) bond motifs is 1. The van der Waals surface area contributed by atoms with Crippen molar-refractivity contribution in [3.8, 4) is 0 Å². The summed E-state index contributed by atoms with van der Waals surface area (Å²) in [5, 5.41) is 2.26. The molecule has 1 heterocycles. The molecule has 0 bridgehead atoms. The molecule has 3 rings (SSSR count). The van der Waals surface area contributed by atoms with Crippen molar-refractivity contribution in [2.45, 2.75) is 6.42 Å². The molecule has 0 atom stereocenters. The van der Waals surface area contributed by atoms with Gasteiger partial charge in [0.15, 0.2) is 6.29 Å². The van der Waals surface area contributed by atoms with Crippen molar-refractivity contribution >= 4 is 46.5 Å². The number of carbonyl (C=O) groups excluding carboxylic acids is 3. The number of Topliss-reactive ketones (excluding diaryl/α,β-unsaturated/α-hetero) is 2. The summed E-state index contributed by atoms with van der Waals surface area (Å²) < 4.78 is 6.88. The summed E-state index contributed by atoms with van der Waals surface area (Å²) in [5.74, 6) is -1.98. The number of rotatable bonds is 5. The number of aldehydes is 1. The third-order valence-corrected chi connectivity index (χ3v) is 4.10. The van der Waals surface area contributed by atoms with Gasteiger partial charge in [-0.3, -0.25) is 14.4 Å². The van der Waals surface area contributed by atoms with Gasteiger partial charge in [0.2, 0.25) is 0 Å². The molecule has 0 amide bonds. The van der Waals surface area contributed by atoms with Crippen LogP contribution in [0.2, 0.25) is 0 Å². The number of carbonyl (C=O) groups is 3. The zero-order valence-electron chi connectivity index (χ0n) is 12.0. The molecular weight excluding hydrogens is 312 g/mol. The van der Waals surface area contributed by atoms with Crippen LogP contribution in [0.1, 0.15) is 5.56 Å². The van der Waals surface area contributed by atoms with Gasteiger partial charge in [0.1, 0.15) is 5.71 Å². The van der Waals surface area contributed by atoms with Gasteiger partial charge < -0.3 is 4.72 Å². The van der Waals surface area contributed by atoms with E-state index in [0.29, 0.717) is 6.42 Å². The van der Waals surface area contributed by atoms with Crippen LogP contribution >= 0.6 is 12.1 Å². The fraction of sp³-hybridized carbons (Fsp3) is 0.0588. The lowest BCUT2D eigenvalue weighted by molar-refractivity contribution is -0.137. The zero-order chi connectivity index (χ0) is 16.2. The number of allylic oxidation sites excluding steroid dienone is 2. The van der Waals surface area contributed by atoms with E-state index >= 15 is 0 Å². The molecule has 2 aromatic rings. The Labute approximate surface area is 136 Å². The third-order valence-electron chi connectivity index (χ3n) is 3.46. The Morgan fingerprint density at radius 2 is 1.91 bits per heavy atom. The van der Waals surface area contributed by atoms with Crippen LogP contribution in [0.5, 0.6) is 0 Å². The van der Waals surface area contributed by atoms with Crippen LogP contribution in [-0.2, 0) is 20.8 Å². The largest absolute Gasteiger partial charge is 0.314 e. The first-order valence-corrected chi connectivity index (χ1v) is 7.67. The van der Waals surface area contributed by atoms with E-state index in [0.717, 1.165) is 34.2 Å². The topological polar surface area (TPSA) is 75.6 Å². The minimum atomic E-state index is -1.09. The predicted octanol–water partition coefficient (Wildman–Crippen LogP) is 2.21. The molecule has 0 saturated heterocycles. The van der Waals surface area contributed by atoms with Crippen molar-refractivity contribution in [2.75, 3.05) is 0 Å². The molecule has 1 aliphatic rings. The van der Waals surface area contributed by atoms with Crippen LogP contribution in [0.15, 0.2) is 58.6 Å².